The van der Waals surface area contributed by atoms with Crippen molar-refractivity contribution in [2.45, 2.75) is 39.7 Å². The molecule has 0 aromatic carbocycles. The third kappa shape index (κ3) is 2.87. The highest BCUT2D eigenvalue weighted by Crippen LogP contribution is 2.36. The average molecular weight is 239 g/mol. The minimum absolute atomic E-state index is 0.0137. The quantitative estimate of drug-likeness (QED) is 0.710. The van der Waals surface area contributed by atoms with Gasteiger partial charge in [-0.1, -0.05) is 13.5 Å². The molecule has 1 saturated heterocycles. The van der Waals surface area contributed by atoms with Crippen LogP contribution in [-0.4, -0.2) is 35.5 Å². The van der Waals surface area contributed by atoms with E-state index in [-0.39, 0.29) is 11.9 Å². The zero-order valence-electron chi connectivity index (χ0n) is 11.1. The number of carbonyl (C=O) groups is 2. The molecule has 1 rings (SSSR count). The molecule has 1 heterocycles. The number of allylic oxidation sites excluding steroid dienone is 1. The van der Waals surface area contributed by atoms with Crippen molar-refractivity contribution in [2.24, 2.45) is 5.41 Å². The van der Waals surface area contributed by atoms with Crippen molar-refractivity contribution in [1.82, 2.24) is 4.90 Å². The Morgan fingerprint density at radius 2 is 1.94 bits per heavy atom. The molecule has 0 aromatic rings. The van der Waals surface area contributed by atoms with E-state index in [4.69, 9.17) is 4.74 Å². The Morgan fingerprint density at radius 3 is 2.29 bits per heavy atom. The standard InChI is InChI=1S/C13H21NO3/c1-6-10(15)13(7-2)8-14(9-13)11(16)17-12(3,4)5/h6H,1,7-9H2,2-5H3. The van der Waals surface area contributed by atoms with Gasteiger partial charge in [0.1, 0.15) is 5.60 Å². The van der Waals surface area contributed by atoms with Gasteiger partial charge in [-0.2, -0.15) is 0 Å². The molecule has 0 aromatic heterocycles. The molecular weight excluding hydrogens is 218 g/mol. The minimum Gasteiger partial charge on any atom is -0.444 e. The van der Waals surface area contributed by atoms with Gasteiger partial charge in [0.25, 0.3) is 0 Å². The number of ether oxygens (including phenoxy) is 1. The van der Waals surface area contributed by atoms with E-state index in [1.807, 2.05) is 27.7 Å². The minimum atomic E-state index is -0.496. The first-order chi connectivity index (χ1) is 7.74. The molecule has 0 aliphatic carbocycles. The number of likely N-dealkylation sites (tertiary alicyclic amines) is 1. The van der Waals surface area contributed by atoms with E-state index in [1.165, 1.54) is 6.08 Å². The van der Waals surface area contributed by atoms with Gasteiger partial charge in [0.15, 0.2) is 5.78 Å². The lowest BCUT2D eigenvalue weighted by Crippen LogP contribution is -2.62. The Balaban J connectivity index is 2.58. The molecule has 0 atom stereocenters. The average Bonchev–Trinajstić information content (AvgIpc) is 2.13. The molecule has 0 bridgehead atoms. The van der Waals surface area contributed by atoms with Crippen molar-refractivity contribution < 1.29 is 14.3 Å². The van der Waals surface area contributed by atoms with Gasteiger partial charge in [0.05, 0.1) is 5.41 Å². The molecule has 0 saturated carbocycles. The van der Waals surface area contributed by atoms with Crippen LogP contribution in [0.5, 0.6) is 0 Å². The van der Waals surface area contributed by atoms with Gasteiger partial charge in [0, 0.05) is 13.1 Å². The maximum absolute atomic E-state index is 11.7. The lowest BCUT2D eigenvalue weighted by molar-refractivity contribution is -0.133. The van der Waals surface area contributed by atoms with E-state index in [0.717, 1.165) is 6.42 Å². The van der Waals surface area contributed by atoms with Gasteiger partial charge in [-0.05, 0) is 33.3 Å². The summed E-state index contributed by atoms with van der Waals surface area (Å²) in [6.07, 6.45) is 1.71. The van der Waals surface area contributed by atoms with Gasteiger partial charge in [-0.25, -0.2) is 4.79 Å². The molecule has 96 valence electrons. The molecule has 0 N–H and O–H groups in total. The first kappa shape index (κ1) is 13.7. The number of hydrogen-bond donors (Lipinski definition) is 0. The Labute approximate surface area is 103 Å². The van der Waals surface area contributed by atoms with Crippen LogP contribution in [-0.2, 0) is 9.53 Å². The molecule has 4 heteroatoms. The highest BCUT2D eigenvalue weighted by atomic mass is 16.6. The van der Waals surface area contributed by atoms with E-state index in [2.05, 4.69) is 6.58 Å². The summed E-state index contributed by atoms with van der Waals surface area (Å²) < 4.78 is 5.24. The van der Waals surface area contributed by atoms with Crippen LogP contribution in [0.1, 0.15) is 34.1 Å². The van der Waals surface area contributed by atoms with Crippen molar-refractivity contribution in [3.8, 4) is 0 Å². The van der Waals surface area contributed by atoms with Crippen molar-refractivity contribution >= 4 is 11.9 Å². The van der Waals surface area contributed by atoms with Gasteiger partial charge < -0.3 is 9.64 Å². The molecule has 0 unspecified atom stereocenters. The van der Waals surface area contributed by atoms with Crippen molar-refractivity contribution in [3.63, 3.8) is 0 Å². The fraction of sp³-hybridized carbons (Fsp3) is 0.692. The van der Waals surface area contributed by atoms with E-state index in [0.29, 0.717) is 13.1 Å². The third-order valence-corrected chi connectivity index (χ3v) is 3.02. The fourth-order valence-electron chi connectivity index (χ4n) is 1.91. The predicted molar refractivity (Wildman–Crippen MR) is 65.7 cm³/mol. The van der Waals surface area contributed by atoms with E-state index >= 15 is 0 Å². The Bertz CT molecular complexity index is 335. The molecule has 17 heavy (non-hydrogen) atoms. The number of rotatable bonds is 3. The number of nitrogens with zero attached hydrogens (tertiary/aromatic N) is 1. The second kappa shape index (κ2) is 4.51. The number of carbonyl (C=O) groups excluding carboxylic acids is 2. The smallest absolute Gasteiger partial charge is 0.410 e. The summed E-state index contributed by atoms with van der Waals surface area (Å²) in [4.78, 5) is 25.0. The summed E-state index contributed by atoms with van der Waals surface area (Å²) in [6, 6.07) is 0. The van der Waals surface area contributed by atoms with Crippen LogP contribution in [0.15, 0.2) is 12.7 Å². The second-order valence-electron chi connectivity index (χ2n) is 5.54. The normalized spacial score (nSPS) is 18.2. The summed E-state index contributed by atoms with van der Waals surface area (Å²) in [5.41, 5.74) is -0.928. The van der Waals surface area contributed by atoms with Crippen molar-refractivity contribution in [3.05, 3.63) is 12.7 Å². The third-order valence-electron chi connectivity index (χ3n) is 3.02. The molecule has 4 nitrogen and oxygen atoms in total. The van der Waals surface area contributed by atoms with Crippen LogP contribution in [0, 0.1) is 5.41 Å². The second-order valence-corrected chi connectivity index (χ2v) is 5.54. The number of ketones is 1. The molecule has 0 spiro atoms. The summed E-state index contributed by atoms with van der Waals surface area (Å²) in [5, 5.41) is 0. The molecule has 0 radical (unpaired) electrons. The fourth-order valence-corrected chi connectivity index (χ4v) is 1.91. The van der Waals surface area contributed by atoms with Gasteiger partial charge >= 0.3 is 6.09 Å². The molecular formula is C13H21NO3. The van der Waals surface area contributed by atoms with Crippen LogP contribution >= 0.6 is 0 Å². The van der Waals surface area contributed by atoms with Crippen LogP contribution in [0.2, 0.25) is 0 Å². The lowest BCUT2D eigenvalue weighted by atomic mass is 9.74. The number of hydrogen-bond acceptors (Lipinski definition) is 3. The van der Waals surface area contributed by atoms with Gasteiger partial charge in [-0.15, -0.1) is 0 Å². The molecule has 1 fully saturated rings. The summed E-state index contributed by atoms with van der Waals surface area (Å²) in [6.45, 7) is 11.8. The SMILES string of the molecule is C=CC(=O)C1(CC)CN(C(=O)OC(C)(C)C)C1. The highest BCUT2D eigenvalue weighted by molar-refractivity contribution is 5.96. The highest BCUT2D eigenvalue weighted by Gasteiger charge is 2.49. The van der Waals surface area contributed by atoms with Crippen LogP contribution in [0.4, 0.5) is 4.79 Å². The summed E-state index contributed by atoms with van der Waals surface area (Å²) in [7, 11) is 0. The Morgan fingerprint density at radius 1 is 1.41 bits per heavy atom. The maximum atomic E-state index is 11.7. The Hall–Kier alpha value is -1.32. The van der Waals surface area contributed by atoms with Crippen molar-refractivity contribution in [2.75, 3.05) is 13.1 Å². The predicted octanol–water partition coefficient (Wildman–Crippen LogP) is 2.39. The maximum Gasteiger partial charge on any atom is 0.410 e. The first-order valence-corrected chi connectivity index (χ1v) is 5.89. The zero-order valence-corrected chi connectivity index (χ0v) is 11.1. The molecule has 1 amide bonds. The Kier molecular flexibility index (Phi) is 3.65. The van der Waals surface area contributed by atoms with Crippen LogP contribution in [0.25, 0.3) is 0 Å². The monoisotopic (exact) mass is 239 g/mol. The van der Waals surface area contributed by atoms with E-state index in [9.17, 15) is 9.59 Å². The number of amides is 1. The van der Waals surface area contributed by atoms with Crippen molar-refractivity contribution in [1.29, 1.82) is 0 Å². The summed E-state index contributed by atoms with van der Waals surface area (Å²) in [5.74, 6) is 0.0137. The van der Waals surface area contributed by atoms with Gasteiger partial charge in [-0.3, -0.25) is 4.79 Å². The zero-order chi connectivity index (χ0) is 13.3. The van der Waals surface area contributed by atoms with E-state index < -0.39 is 11.0 Å². The van der Waals surface area contributed by atoms with E-state index in [1.54, 1.807) is 4.90 Å². The van der Waals surface area contributed by atoms with Crippen LogP contribution in [0.3, 0.4) is 0 Å². The molecule has 1 aliphatic heterocycles. The topological polar surface area (TPSA) is 46.6 Å². The summed E-state index contributed by atoms with van der Waals surface area (Å²) >= 11 is 0. The van der Waals surface area contributed by atoms with Gasteiger partial charge in [0.2, 0.25) is 0 Å². The largest absolute Gasteiger partial charge is 0.444 e. The molecule has 1 aliphatic rings. The lowest BCUT2D eigenvalue weighted by Gasteiger charge is -2.48. The van der Waals surface area contributed by atoms with Crippen LogP contribution < -0.4 is 0 Å². The first-order valence-electron chi connectivity index (χ1n) is 5.89.